The van der Waals surface area contributed by atoms with E-state index in [1.54, 1.807) is 0 Å². The van der Waals surface area contributed by atoms with Crippen LogP contribution in [0, 0.1) is 5.92 Å². The summed E-state index contributed by atoms with van der Waals surface area (Å²) in [6.45, 7) is 5.19. The topological polar surface area (TPSA) is 36.1 Å². The fourth-order valence-electron chi connectivity index (χ4n) is 3.65. The maximum absolute atomic E-state index is 13.0. The second-order valence-corrected chi connectivity index (χ2v) is 6.96. The molecule has 122 valence electrons. The van der Waals surface area contributed by atoms with E-state index in [1.165, 1.54) is 10.9 Å². The van der Waals surface area contributed by atoms with Crippen LogP contribution < -0.4 is 0 Å². The highest BCUT2D eigenvalue weighted by Crippen LogP contribution is 2.41. The summed E-state index contributed by atoms with van der Waals surface area (Å²) >= 11 is 0. The Hall–Kier alpha value is -2.55. The van der Waals surface area contributed by atoms with Gasteiger partial charge >= 0.3 is 0 Å². The molecule has 24 heavy (non-hydrogen) atoms. The summed E-state index contributed by atoms with van der Waals surface area (Å²) < 4.78 is 0. The molecule has 3 aromatic rings. The number of nitrogens with one attached hydrogen (secondary N) is 1. The third-order valence-corrected chi connectivity index (χ3v) is 4.92. The minimum Gasteiger partial charge on any atom is -0.361 e. The molecule has 0 fully saturated rings. The average molecular weight is 318 g/mol. The van der Waals surface area contributed by atoms with Crippen LogP contribution in [-0.4, -0.2) is 22.3 Å². The second kappa shape index (κ2) is 5.82. The zero-order valence-electron chi connectivity index (χ0n) is 14.1. The lowest BCUT2D eigenvalue weighted by molar-refractivity contribution is 0.0742. The third-order valence-electron chi connectivity index (χ3n) is 4.92. The number of nitrogens with zero attached hydrogens (tertiary/aromatic N) is 1. The van der Waals surface area contributed by atoms with E-state index >= 15 is 0 Å². The largest absolute Gasteiger partial charge is 0.361 e. The number of rotatable bonds is 4. The van der Waals surface area contributed by atoms with Gasteiger partial charge in [-0.2, -0.15) is 0 Å². The van der Waals surface area contributed by atoms with Gasteiger partial charge in [-0.3, -0.25) is 4.79 Å². The Morgan fingerprint density at radius 1 is 1.04 bits per heavy atom. The molecule has 3 nitrogen and oxygen atoms in total. The Bertz CT molecular complexity index is 893. The summed E-state index contributed by atoms with van der Waals surface area (Å²) in [5.74, 6) is 0.728. The molecule has 3 heteroatoms. The number of fused-ring (bicyclic) bond motifs is 2. The number of hydrogen-bond acceptors (Lipinski definition) is 1. The van der Waals surface area contributed by atoms with Gasteiger partial charge in [0.05, 0.1) is 6.04 Å². The van der Waals surface area contributed by atoms with E-state index in [9.17, 15) is 4.79 Å². The Labute approximate surface area is 142 Å². The Morgan fingerprint density at radius 3 is 2.62 bits per heavy atom. The fraction of sp³-hybridized carbons (Fsp3) is 0.286. The highest BCUT2D eigenvalue weighted by Gasteiger charge is 2.38. The molecule has 0 radical (unpaired) electrons. The number of aromatic amines is 1. The lowest BCUT2D eigenvalue weighted by Crippen LogP contribution is -2.30. The van der Waals surface area contributed by atoms with Gasteiger partial charge in [-0.1, -0.05) is 50.2 Å². The van der Waals surface area contributed by atoms with Crippen LogP contribution >= 0.6 is 0 Å². The van der Waals surface area contributed by atoms with Crippen molar-refractivity contribution in [2.75, 3.05) is 6.54 Å². The highest BCUT2D eigenvalue weighted by molar-refractivity contribution is 6.00. The number of carbonyl (C=O) groups excluding carboxylic acids is 1. The standard InChI is InChI=1S/C21H22N2O/c1-14(2)11-12-23-20(16-8-3-4-9-17(16)21(23)24)18-13-22-19-10-6-5-7-15(18)19/h3-10,13-14,20,22H,11-12H2,1-2H3. The number of H-pyrrole nitrogens is 1. The molecular weight excluding hydrogens is 296 g/mol. The first-order valence-corrected chi connectivity index (χ1v) is 8.62. The minimum atomic E-state index is 0.00333. The van der Waals surface area contributed by atoms with Crippen molar-refractivity contribution in [1.29, 1.82) is 0 Å². The maximum atomic E-state index is 13.0. The Kier molecular flexibility index (Phi) is 3.64. The number of aromatic nitrogens is 1. The normalized spacial score (nSPS) is 17.0. The van der Waals surface area contributed by atoms with Crippen LogP contribution in [0.2, 0.25) is 0 Å². The molecule has 2 heterocycles. The zero-order valence-corrected chi connectivity index (χ0v) is 14.1. The summed E-state index contributed by atoms with van der Waals surface area (Å²) in [5, 5.41) is 1.20. The summed E-state index contributed by atoms with van der Waals surface area (Å²) in [5.41, 5.74) is 4.27. The first-order valence-electron chi connectivity index (χ1n) is 8.62. The number of carbonyl (C=O) groups is 1. The molecule has 1 atom stereocenters. The van der Waals surface area contributed by atoms with Crippen molar-refractivity contribution in [2.24, 2.45) is 5.92 Å². The van der Waals surface area contributed by atoms with Gasteiger partial charge in [0.15, 0.2) is 0 Å². The van der Waals surface area contributed by atoms with E-state index < -0.39 is 0 Å². The molecule has 1 N–H and O–H groups in total. The van der Waals surface area contributed by atoms with Crippen molar-refractivity contribution in [3.8, 4) is 0 Å². The van der Waals surface area contributed by atoms with Crippen LogP contribution in [0.25, 0.3) is 10.9 Å². The lowest BCUT2D eigenvalue weighted by Gasteiger charge is -2.26. The Balaban J connectivity index is 1.84. The predicted octanol–water partition coefficient (Wildman–Crippen LogP) is 4.76. The van der Waals surface area contributed by atoms with Crippen LogP contribution in [0.5, 0.6) is 0 Å². The minimum absolute atomic E-state index is 0.00333. The monoisotopic (exact) mass is 318 g/mol. The van der Waals surface area contributed by atoms with Crippen LogP contribution in [0.15, 0.2) is 54.7 Å². The molecular formula is C21H22N2O. The predicted molar refractivity (Wildman–Crippen MR) is 97.1 cm³/mol. The first-order chi connectivity index (χ1) is 11.7. The number of benzene rings is 2. The highest BCUT2D eigenvalue weighted by atomic mass is 16.2. The van der Waals surface area contributed by atoms with E-state index in [0.29, 0.717) is 5.92 Å². The summed E-state index contributed by atoms with van der Waals surface area (Å²) in [6.07, 6.45) is 3.08. The second-order valence-electron chi connectivity index (χ2n) is 6.96. The molecule has 1 aliphatic rings. The lowest BCUT2D eigenvalue weighted by atomic mass is 9.97. The van der Waals surface area contributed by atoms with Crippen molar-refractivity contribution < 1.29 is 4.79 Å². The molecule has 0 bridgehead atoms. The van der Waals surface area contributed by atoms with E-state index in [1.807, 2.05) is 29.2 Å². The smallest absolute Gasteiger partial charge is 0.255 e. The van der Waals surface area contributed by atoms with Gasteiger partial charge < -0.3 is 9.88 Å². The summed E-state index contributed by atoms with van der Waals surface area (Å²) in [4.78, 5) is 18.4. The van der Waals surface area contributed by atoms with Crippen molar-refractivity contribution in [2.45, 2.75) is 26.3 Å². The molecule has 1 aromatic heterocycles. The van der Waals surface area contributed by atoms with Gasteiger partial charge in [-0.15, -0.1) is 0 Å². The molecule has 1 unspecified atom stereocenters. The molecule has 1 amide bonds. The molecule has 2 aromatic carbocycles. The van der Waals surface area contributed by atoms with Gasteiger partial charge in [0.1, 0.15) is 0 Å². The van der Waals surface area contributed by atoms with Gasteiger partial charge in [0, 0.05) is 34.8 Å². The van der Waals surface area contributed by atoms with Crippen molar-refractivity contribution in [3.63, 3.8) is 0 Å². The molecule has 1 aliphatic heterocycles. The van der Waals surface area contributed by atoms with Crippen LogP contribution in [0.4, 0.5) is 0 Å². The third kappa shape index (κ3) is 2.32. The molecule has 0 spiro atoms. The van der Waals surface area contributed by atoms with Gasteiger partial charge in [0.25, 0.3) is 5.91 Å². The van der Waals surface area contributed by atoms with Crippen LogP contribution in [-0.2, 0) is 0 Å². The van der Waals surface area contributed by atoms with E-state index in [-0.39, 0.29) is 11.9 Å². The quantitative estimate of drug-likeness (QED) is 0.740. The molecule has 0 aliphatic carbocycles. The summed E-state index contributed by atoms with van der Waals surface area (Å²) in [6, 6.07) is 16.3. The van der Waals surface area contributed by atoms with E-state index in [0.717, 1.165) is 29.6 Å². The Morgan fingerprint density at radius 2 is 1.79 bits per heavy atom. The van der Waals surface area contributed by atoms with E-state index in [4.69, 9.17) is 0 Å². The van der Waals surface area contributed by atoms with Gasteiger partial charge in [0.2, 0.25) is 0 Å². The number of amides is 1. The van der Waals surface area contributed by atoms with Crippen LogP contribution in [0.3, 0.4) is 0 Å². The first kappa shape index (κ1) is 15.0. The van der Waals surface area contributed by atoms with Gasteiger partial charge in [-0.25, -0.2) is 0 Å². The number of hydrogen-bond donors (Lipinski definition) is 1. The average Bonchev–Trinajstić information content (AvgIpc) is 3.12. The van der Waals surface area contributed by atoms with Crippen molar-refractivity contribution in [1.82, 2.24) is 9.88 Å². The maximum Gasteiger partial charge on any atom is 0.255 e. The van der Waals surface area contributed by atoms with Gasteiger partial charge in [-0.05, 0) is 30.0 Å². The fourth-order valence-corrected chi connectivity index (χ4v) is 3.65. The van der Waals surface area contributed by atoms with E-state index in [2.05, 4.69) is 49.3 Å². The SMILES string of the molecule is CC(C)CCN1C(=O)c2ccccc2C1c1c[nH]c2ccccc12. The zero-order chi connectivity index (χ0) is 16.7. The molecule has 4 rings (SSSR count). The van der Waals surface area contributed by atoms with Crippen LogP contribution in [0.1, 0.15) is 47.8 Å². The molecule has 0 saturated heterocycles. The summed E-state index contributed by atoms with van der Waals surface area (Å²) in [7, 11) is 0. The molecule has 0 saturated carbocycles. The van der Waals surface area contributed by atoms with Crippen molar-refractivity contribution >= 4 is 16.8 Å². The van der Waals surface area contributed by atoms with Crippen molar-refractivity contribution in [3.05, 3.63) is 71.4 Å². The number of para-hydroxylation sites is 1.